The highest BCUT2D eigenvalue weighted by molar-refractivity contribution is 6.31. The van der Waals surface area contributed by atoms with E-state index in [2.05, 4.69) is 0 Å². The summed E-state index contributed by atoms with van der Waals surface area (Å²) in [5, 5.41) is 31.8. The molecule has 0 aromatic heterocycles. The summed E-state index contributed by atoms with van der Waals surface area (Å²) in [6.07, 6.45) is -1.25. The van der Waals surface area contributed by atoms with Gasteiger partial charge in [0, 0.05) is 36.6 Å². The molecule has 7 nitrogen and oxygen atoms in total. The maximum atomic E-state index is 13.2. The Morgan fingerprint density at radius 2 is 1.70 bits per heavy atom. The van der Waals surface area contributed by atoms with Crippen LogP contribution in [0.4, 0.5) is 0 Å². The molecule has 1 unspecified atom stereocenters. The molecular weight excluding hydrogens is 352 g/mol. The van der Waals surface area contributed by atoms with Crippen LogP contribution in [0.15, 0.2) is 18.2 Å². The minimum absolute atomic E-state index is 0.0499. The molecule has 0 saturated carbocycles. The highest BCUT2D eigenvalue weighted by Crippen LogP contribution is 2.49. The molecule has 0 fully saturated rings. The first-order valence-electron chi connectivity index (χ1n) is 8.48. The lowest BCUT2D eigenvalue weighted by atomic mass is 9.76. The number of rotatable bonds is 2. The Hall–Kier alpha value is -2.90. The number of hydrogen-bond acceptors (Lipinski definition) is 7. The first kappa shape index (κ1) is 17.5. The number of aliphatic hydroxyl groups excluding tert-OH is 1. The minimum atomic E-state index is -0.799. The summed E-state index contributed by atoms with van der Waals surface area (Å²) in [7, 11) is 2.79. The van der Waals surface area contributed by atoms with Gasteiger partial charge in [-0.15, -0.1) is 0 Å². The van der Waals surface area contributed by atoms with Crippen molar-refractivity contribution in [1.29, 1.82) is 0 Å². The van der Waals surface area contributed by atoms with Crippen LogP contribution in [0.2, 0.25) is 0 Å². The average Bonchev–Trinajstić information content (AvgIpc) is 2.67. The zero-order chi connectivity index (χ0) is 19.5. The van der Waals surface area contributed by atoms with Crippen LogP contribution in [0.3, 0.4) is 0 Å². The number of ether oxygens (including phenoxy) is 2. The number of fused-ring (bicyclic) bond motifs is 3. The fraction of sp³-hybridized carbons (Fsp3) is 0.300. The van der Waals surface area contributed by atoms with Crippen LogP contribution in [0, 0.1) is 0 Å². The van der Waals surface area contributed by atoms with Crippen LogP contribution >= 0.6 is 0 Å². The second-order valence-electron chi connectivity index (χ2n) is 6.70. The first-order valence-corrected chi connectivity index (χ1v) is 8.48. The molecule has 7 heteroatoms. The molecule has 0 spiro atoms. The Labute approximate surface area is 154 Å². The Balaban J connectivity index is 2.06. The van der Waals surface area contributed by atoms with Gasteiger partial charge in [0.1, 0.15) is 17.2 Å². The molecule has 2 aliphatic carbocycles. The van der Waals surface area contributed by atoms with Crippen molar-refractivity contribution in [3.63, 3.8) is 0 Å². The number of aromatic hydroxyl groups is 2. The van der Waals surface area contributed by atoms with Crippen LogP contribution in [-0.4, -0.2) is 47.2 Å². The summed E-state index contributed by atoms with van der Waals surface area (Å²) in [6, 6.07) is 4.61. The minimum Gasteiger partial charge on any atom is -0.507 e. The van der Waals surface area contributed by atoms with E-state index in [4.69, 9.17) is 9.47 Å². The van der Waals surface area contributed by atoms with Crippen molar-refractivity contribution < 1.29 is 34.4 Å². The van der Waals surface area contributed by atoms with Gasteiger partial charge >= 0.3 is 0 Å². The average molecular weight is 370 g/mol. The smallest absolute Gasteiger partial charge is 0.202 e. The van der Waals surface area contributed by atoms with Crippen LogP contribution < -0.4 is 4.74 Å². The Morgan fingerprint density at radius 3 is 2.37 bits per heavy atom. The Bertz CT molecular complexity index is 993. The quantitative estimate of drug-likeness (QED) is 0.590. The van der Waals surface area contributed by atoms with E-state index in [0.717, 1.165) is 0 Å². The van der Waals surface area contributed by atoms with E-state index >= 15 is 0 Å². The molecule has 2 aromatic carbocycles. The number of carbonyl (C=O) groups is 2. The number of methoxy groups -OCH3 is 2. The normalized spacial score (nSPS) is 20.7. The highest BCUT2D eigenvalue weighted by Gasteiger charge is 2.42. The van der Waals surface area contributed by atoms with E-state index < -0.39 is 35.3 Å². The van der Waals surface area contributed by atoms with E-state index in [9.17, 15) is 24.9 Å². The summed E-state index contributed by atoms with van der Waals surface area (Å²) in [5.74, 6) is -1.76. The summed E-state index contributed by atoms with van der Waals surface area (Å²) >= 11 is 0. The number of benzene rings is 2. The molecule has 3 N–H and O–H groups in total. The zero-order valence-electron chi connectivity index (χ0n) is 14.8. The standard InChI is InChI=1S/C20H18O7/c1-26-11-5-3-4-9-13(11)19(24)16-15(17(9)22)18(23)10-6-8(21)7-12(27-2)14(10)20(16)25/h3-5,8,12,21,23,25H,6-7H2,1-2H3/t8-,12?/m0/s1. The monoisotopic (exact) mass is 370 g/mol. The van der Waals surface area contributed by atoms with Crippen molar-refractivity contribution in [2.75, 3.05) is 14.2 Å². The topological polar surface area (TPSA) is 113 Å². The molecule has 0 saturated heterocycles. The van der Waals surface area contributed by atoms with E-state index in [1.807, 2.05) is 0 Å². The van der Waals surface area contributed by atoms with Crippen molar-refractivity contribution in [2.45, 2.75) is 25.0 Å². The molecule has 0 bridgehead atoms. The fourth-order valence-corrected chi connectivity index (χ4v) is 4.07. The molecule has 0 radical (unpaired) electrons. The van der Waals surface area contributed by atoms with Crippen LogP contribution in [0.25, 0.3) is 0 Å². The molecule has 0 aliphatic heterocycles. The van der Waals surface area contributed by atoms with Gasteiger partial charge < -0.3 is 24.8 Å². The first-order chi connectivity index (χ1) is 12.9. The predicted molar refractivity (Wildman–Crippen MR) is 93.7 cm³/mol. The van der Waals surface area contributed by atoms with Gasteiger partial charge in [-0.05, 0) is 6.07 Å². The molecule has 0 amide bonds. The van der Waals surface area contributed by atoms with Gasteiger partial charge in [-0.2, -0.15) is 0 Å². The molecule has 2 atom stereocenters. The number of carbonyl (C=O) groups excluding carboxylic acids is 2. The largest absolute Gasteiger partial charge is 0.507 e. The summed E-state index contributed by atoms with van der Waals surface area (Å²) < 4.78 is 10.5. The predicted octanol–water partition coefficient (Wildman–Crippen LogP) is 1.88. The van der Waals surface area contributed by atoms with Crippen molar-refractivity contribution in [3.8, 4) is 17.2 Å². The fourth-order valence-electron chi connectivity index (χ4n) is 4.07. The van der Waals surface area contributed by atoms with Crippen LogP contribution in [0.1, 0.15) is 55.5 Å². The number of hydrogen-bond donors (Lipinski definition) is 3. The Morgan fingerprint density at radius 1 is 1.00 bits per heavy atom. The SMILES string of the molecule is COc1cccc2c1C(=O)c1c(O)c3c(c(O)c1C2=O)C[C@H](O)CC3OC. The van der Waals surface area contributed by atoms with Crippen LogP contribution in [-0.2, 0) is 11.2 Å². The van der Waals surface area contributed by atoms with Gasteiger partial charge in [0.2, 0.25) is 5.78 Å². The molecule has 140 valence electrons. The van der Waals surface area contributed by atoms with E-state index in [1.54, 1.807) is 12.1 Å². The van der Waals surface area contributed by atoms with E-state index in [-0.39, 0.29) is 52.0 Å². The van der Waals surface area contributed by atoms with Gasteiger partial charge in [-0.3, -0.25) is 9.59 Å². The third-order valence-corrected chi connectivity index (χ3v) is 5.29. The van der Waals surface area contributed by atoms with Crippen molar-refractivity contribution in [3.05, 3.63) is 51.6 Å². The molecular formula is C20H18O7. The molecule has 2 aliphatic rings. The summed E-state index contributed by atoms with van der Waals surface area (Å²) in [5.41, 5.74) is 0.105. The zero-order valence-corrected chi connectivity index (χ0v) is 14.8. The van der Waals surface area contributed by atoms with Crippen molar-refractivity contribution >= 4 is 11.6 Å². The maximum Gasteiger partial charge on any atom is 0.202 e. The highest BCUT2D eigenvalue weighted by atomic mass is 16.5. The molecule has 2 aromatic rings. The van der Waals surface area contributed by atoms with Gasteiger partial charge in [-0.1, -0.05) is 12.1 Å². The van der Waals surface area contributed by atoms with Gasteiger partial charge in [0.15, 0.2) is 5.78 Å². The number of phenolic OH excluding ortho intramolecular Hbond substituents is 2. The second kappa shape index (κ2) is 6.07. The van der Waals surface area contributed by atoms with Crippen LogP contribution in [0.5, 0.6) is 17.2 Å². The maximum absolute atomic E-state index is 13.2. The molecule has 27 heavy (non-hydrogen) atoms. The van der Waals surface area contributed by atoms with Crippen molar-refractivity contribution in [2.24, 2.45) is 0 Å². The number of ketones is 2. The lowest BCUT2D eigenvalue weighted by Gasteiger charge is -2.32. The summed E-state index contributed by atoms with van der Waals surface area (Å²) in [6.45, 7) is 0. The molecule has 0 heterocycles. The van der Waals surface area contributed by atoms with Gasteiger partial charge in [0.25, 0.3) is 0 Å². The van der Waals surface area contributed by atoms with Gasteiger partial charge in [-0.25, -0.2) is 0 Å². The van der Waals surface area contributed by atoms with E-state index in [0.29, 0.717) is 0 Å². The van der Waals surface area contributed by atoms with E-state index in [1.165, 1.54) is 20.3 Å². The second-order valence-corrected chi connectivity index (χ2v) is 6.70. The number of phenols is 2. The third-order valence-electron chi connectivity index (χ3n) is 5.29. The summed E-state index contributed by atoms with van der Waals surface area (Å²) in [4.78, 5) is 26.2. The molecule has 4 rings (SSSR count). The third kappa shape index (κ3) is 2.28. The lowest BCUT2D eigenvalue weighted by molar-refractivity contribution is 0.0318. The van der Waals surface area contributed by atoms with Gasteiger partial charge in [0.05, 0.1) is 36.0 Å². The number of aliphatic hydroxyl groups is 1. The van der Waals surface area contributed by atoms with Crippen molar-refractivity contribution in [1.82, 2.24) is 0 Å². The Kier molecular flexibility index (Phi) is 3.94. The lowest BCUT2D eigenvalue weighted by Crippen LogP contribution is -2.28.